The van der Waals surface area contributed by atoms with Crippen molar-refractivity contribution in [3.63, 3.8) is 0 Å². The molecule has 0 bridgehead atoms. The number of carbonyl (C=O) groups is 1. The fourth-order valence-electron chi connectivity index (χ4n) is 3.52. The van der Waals surface area contributed by atoms with E-state index in [2.05, 4.69) is 36.4 Å². The fourth-order valence-corrected chi connectivity index (χ4v) is 3.69. The molecule has 1 atom stereocenters. The highest BCUT2D eigenvalue weighted by Gasteiger charge is 2.44. The van der Waals surface area contributed by atoms with Crippen molar-refractivity contribution in [2.75, 3.05) is 0 Å². The van der Waals surface area contributed by atoms with Gasteiger partial charge in [0.25, 0.3) is 0 Å². The van der Waals surface area contributed by atoms with E-state index in [9.17, 15) is 4.79 Å². The van der Waals surface area contributed by atoms with Crippen LogP contribution in [0, 0.1) is 5.92 Å². The van der Waals surface area contributed by atoms with E-state index < -0.39 is 11.3 Å². The predicted octanol–water partition coefficient (Wildman–Crippen LogP) is 5.42. The first-order valence-corrected chi connectivity index (χ1v) is 8.41. The van der Waals surface area contributed by atoms with Gasteiger partial charge < -0.3 is 0 Å². The summed E-state index contributed by atoms with van der Waals surface area (Å²) in [5.41, 5.74) is 2.56. The average molecular weight is 335 g/mol. The maximum absolute atomic E-state index is 12.3. The van der Waals surface area contributed by atoms with Crippen molar-refractivity contribution >= 4 is 16.8 Å². The van der Waals surface area contributed by atoms with E-state index >= 15 is 0 Å². The Bertz CT molecular complexity index is 700. The summed E-state index contributed by atoms with van der Waals surface area (Å²) < 4.78 is 0. The number of hydrogen-bond donors (Lipinski definition) is 0. The quantitative estimate of drug-likeness (QED) is 0.449. The lowest BCUT2D eigenvalue weighted by Gasteiger charge is -2.39. The summed E-state index contributed by atoms with van der Waals surface area (Å²) in [5.74, 6) is -0.411. The van der Waals surface area contributed by atoms with Crippen LogP contribution in [0.25, 0.3) is 0 Å². The second kappa shape index (κ2) is 7.02. The standard InChI is InChI=1S/C22H19ClO/c1-17(21(23)24)22(18-11-5-2-6-12-18,19-13-7-3-8-14-19)20-15-9-4-10-16-20/h2-17H,1H3/t17-/m1/s1. The van der Waals surface area contributed by atoms with E-state index in [1.54, 1.807) is 0 Å². The van der Waals surface area contributed by atoms with Crippen LogP contribution in [0.3, 0.4) is 0 Å². The van der Waals surface area contributed by atoms with Gasteiger partial charge in [0.2, 0.25) is 5.24 Å². The van der Waals surface area contributed by atoms with Crippen LogP contribution in [0.15, 0.2) is 91.0 Å². The van der Waals surface area contributed by atoms with Crippen molar-refractivity contribution in [2.45, 2.75) is 12.3 Å². The van der Waals surface area contributed by atoms with Crippen molar-refractivity contribution in [1.29, 1.82) is 0 Å². The van der Waals surface area contributed by atoms with Gasteiger partial charge in [0, 0.05) is 5.92 Å². The molecule has 3 aromatic carbocycles. The van der Waals surface area contributed by atoms with E-state index in [-0.39, 0.29) is 5.24 Å². The molecule has 0 aromatic heterocycles. The molecular weight excluding hydrogens is 316 g/mol. The molecule has 3 rings (SSSR count). The highest BCUT2D eigenvalue weighted by atomic mass is 35.5. The molecule has 0 amide bonds. The fraction of sp³-hybridized carbons (Fsp3) is 0.136. The molecular formula is C22H19ClO. The Balaban J connectivity index is 2.39. The minimum atomic E-state index is -0.622. The molecule has 120 valence electrons. The molecule has 0 aliphatic carbocycles. The molecule has 3 aromatic rings. The average Bonchev–Trinajstić information content (AvgIpc) is 2.65. The van der Waals surface area contributed by atoms with Crippen LogP contribution in [-0.4, -0.2) is 5.24 Å². The van der Waals surface area contributed by atoms with Gasteiger partial charge in [-0.15, -0.1) is 0 Å². The van der Waals surface area contributed by atoms with Gasteiger partial charge in [-0.3, -0.25) is 4.79 Å². The zero-order valence-corrected chi connectivity index (χ0v) is 14.3. The summed E-state index contributed by atoms with van der Waals surface area (Å²) in [4.78, 5) is 12.3. The molecule has 0 radical (unpaired) electrons. The van der Waals surface area contributed by atoms with Crippen molar-refractivity contribution in [3.05, 3.63) is 108 Å². The summed E-state index contributed by atoms with van der Waals surface area (Å²) in [6.07, 6.45) is 0. The van der Waals surface area contributed by atoms with Gasteiger partial charge in [-0.05, 0) is 28.3 Å². The van der Waals surface area contributed by atoms with E-state index in [1.165, 1.54) is 0 Å². The Morgan fingerprint density at radius 2 is 1.00 bits per heavy atom. The molecule has 0 aliphatic rings. The van der Waals surface area contributed by atoms with Crippen LogP contribution in [0.2, 0.25) is 0 Å². The normalized spacial score (nSPS) is 12.6. The second-order valence-electron chi connectivity index (χ2n) is 5.93. The van der Waals surface area contributed by atoms with Crippen LogP contribution in [0.4, 0.5) is 0 Å². The first-order valence-electron chi connectivity index (χ1n) is 8.03. The minimum Gasteiger partial charge on any atom is -0.281 e. The summed E-state index contributed by atoms with van der Waals surface area (Å²) >= 11 is 6.02. The summed E-state index contributed by atoms with van der Waals surface area (Å²) in [6.45, 7) is 1.91. The molecule has 0 saturated heterocycles. The van der Waals surface area contributed by atoms with Gasteiger partial charge in [0.1, 0.15) is 0 Å². The maximum atomic E-state index is 12.3. The van der Waals surface area contributed by atoms with E-state index in [1.807, 2.05) is 61.5 Å². The molecule has 0 aliphatic heterocycles. The first-order chi connectivity index (χ1) is 11.7. The van der Waals surface area contributed by atoms with Crippen molar-refractivity contribution in [3.8, 4) is 0 Å². The van der Waals surface area contributed by atoms with Crippen molar-refractivity contribution < 1.29 is 4.79 Å². The SMILES string of the molecule is C[C@H](C(=O)Cl)C(c1ccccc1)(c1ccccc1)c1ccccc1. The van der Waals surface area contributed by atoms with Gasteiger partial charge in [-0.1, -0.05) is 97.9 Å². The molecule has 24 heavy (non-hydrogen) atoms. The van der Waals surface area contributed by atoms with Gasteiger partial charge in [-0.25, -0.2) is 0 Å². The molecule has 0 fully saturated rings. The Hall–Kier alpha value is -2.38. The highest BCUT2D eigenvalue weighted by Crippen LogP contribution is 2.45. The van der Waals surface area contributed by atoms with E-state index in [4.69, 9.17) is 11.6 Å². The maximum Gasteiger partial charge on any atom is 0.226 e. The van der Waals surface area contributed by atoms with E-state index in [0.717, 1.165) is 16.7 Å². The number of hydrogen-bond acceptors (Lipinski definition) is 1. The molecule has 1 nitrogen and oxygen atoms in total. The first kappa shape index (κ1) is 16.5. The van der Waals surface area contributed by atoms with Crippen LogP contribution < -0.4 is 0 Å². The lowest BCUT2D eigenvalue weighted by Crippen LogP contribution is -2.39. The van der Waals surface area contributed by atoms with Gasteiger partial charge in [0.05, 0.1) is 5.41 Å². The van der Waals surface area contributed by atoms with Gasteiger partial charge in [-0.2, -0.15) is 0 Å². The van der Waals surface area contributed by atoms with Crippen LogP contribution in [-0.2, 0) is 10.2 Å². The van der Waals surface area contributed by atoms with Gasteiger partial charge >= 0.3 is 0 Å². The summed E-state index contributed by atoms with van der Waals surface area (Å²) in [6, 6.07) is 30.4. The largest absolute Gasteiger partial charge is 0.281 e. The number of rotatable bonds is 5. The Labute approximate surface area is 147 Å². The third-order valence-electron chi connectivity index (χ3n) is 4.68. The summed E-state index contributed by atoms with van der Waals surface area (Å²) in [7, 11) is 0. The van der Waals surface area contributed by atoms with Crippen LogP contribution in [0.1, 0.15) is 23.6 Å². The number of benzene rings is 3. The molecule has 0 heterocycles. The number of carbonyl (C=O) groups excluding carboxylic acids is 1. The minimum absolute atomic E-state index is 0.341. The predicted molar refractivity (Wildman–Crippen MR) is 99.2 cm³/mol. The van der Waals surface area contributed by atoms with Crippen molar-refractivity contribution in [2.24, 2.45) is 5.92 Å². The lowest BCUT2D eigenvalue weighted by molar-refractivity contribution is -0.115. The molecule has 2 heteroatoms. The zero-order chi connectivity index (χ0) is 17.0. The smallest absolute Gasteiger partial charge is 0.226 e. The number of halogens is 1. The van der Waals surface area contributed by atoms with Crippen LogP contribution in [0.5, 0.6) is 0 Å². The van der Waals surface area contributed by atoms with Crippen molar-refractivity contribution in [1.82, 2.24) is 0 Å². The molecule has 0 N–H and O–H groups in total. The van der Waals surface area contributed by atoms with Crippen LogP contribution >= 0.6 is 11.6 Å². The molecule has 0 unspecified atom stereocenters. The third kappa shape index (κ3) is 2.76. The van der Waals surface area contributed by atoms with E-state index in [0.29, 0.717) is 0 Å². The Morgan fingerprint density at radius 3 is 1.25 bits per heavy atom. The second-order valence-corrected chi connectivity index (χ2v) is 6.30. The molecule has 0 spiro atoms. The Morgan fingerprint density at radius 1 is 0.708 bits per heavy atom. The monoisotopic (exact) mass is 334 g/mol. The highest BCUT2D eigenvalue weighted by molar-refractivity contribution is 6.64. The zero-order valence-electron chi connectivity index (χ0n) is 13.5. The topological polar surface area (TPSA) is 17.1 Å². The van der Waals surface area contributed by atoms with Gasteiger partial charge in [0.15, 0.2) is 0 Å². The molecule has 0 saturated carbocycles. The summed E-state index contributed by atoms with van der Waals surface area (Å²) in [5, 5.41) is -0.341. The lowest BCUT2D eigenvalue weighted by atomic mass is 9.62. The third-order valence-corrected chi connectivity index (χ3v) is 5.00. The Kier molecular flexibility index (Phi) is 4.82.